The van der Waals surface area contributed by atoms with Crippen molar-refractivity contribution in [2.45, 2.75) is 13.3 Å². The van der Waals surface area contributed by atoms with Crippen LogP contribution in [-0.2, 0) is 6.42 Å². The van der Waals surface area contributed by atoms with Crippen molar-refractivity contribution in [2.24, 2.45) is 0 Å². The molecule has 0 aromatic heterocycles. The molecule has 2 aromatic rings. The molecule has 0 saturated heterocycles. The van der Waals surface area contributed by atoms with Gasteiger partial charge < -0.3 is 0 Å². The highest BCUT2D eigenvalue weighted by molar-refractivity contribution is 6.02. The molecule has 1 aliphatic heterocycles. The molecule has 0 spiro atoms. The fraction of sp³-hybridized carbons (Fsp3) is 0.188. The zero-order chi connectivity index (χ0) is 11.8. The molecule has 84 valence electrons. The zero-order valence-corrected chi connectivity index (χ0v) is 10.3. The highest BCUT2D eigenvalue weighted by atomic mass is 15.0. The van der Waals surface area contributed by atoms with E-state index in [9.17, 15) is 0 Å². The smallest absolute Gasteiger partial charge is 0.198 e. The van der Waals surface area contributed by atoms with Crippen LogP contribution in [0.5, 0.6) is 0 Å². The van der Waals surface area contributed by atoms with Crippen molar-refractivity contribution >= 4 is 11.4 Å². The normalized spacial score (nSPS) is 14.0. The highest BCUT2D eigenvalue weighted by Gasteiger charge is 2.28. The van der Waals surface area contributed by atoms with Crippen LogP contribution in [0.15, 0.2) is 48.5 Å². The summed E-state index contributed by atoms with van der Waals surface area (Å²) in [4.78, 5) is 0. The Kier molecular flexibility index (Phi) is 2.32. The molecule has 0 fully saturated rings. The lowest BCUT2D eigenvalue weighted by Gasteiger charge is -2.02. The quantitative estimate of drug-likeness (QED) is 0.651. The number of fused-ring (bicyclic) bond motifs is 1. The number of aryl methyl sites for hydroxylation is 1. The molecule has 0 N–H and O–H groups in total. The fourth-order valence-electron chi connectivity index (χ4n) is 2.60. The molecule has 1 heterocycles. The number of hydrogen-bond donors (Lipinski definition) is 0. The number of hydrogen-bond acceptors (Lipinski definition) is 0. The van der Waals surface area contributed by atoms with Crippen LogP contribution >= 0.6 is 0 Å². The Labute approximate surface area is 102 Å². The van der Waals surface area contributed by atoms with Crippen molar-refractivity contribution in [3.63, 3.8) is 0 Å². The topological polar surface area (TPSA) is 3.01 Å². The summed E-state index contributed by atoms with van der Waals surface area (Å²) in [6.07, 6.45) is 1.04. The van der Waals surface area contributed by atoms with Gasteiger partial charge in [-0.25, -0.2) is 0 Å². The second kappa shape index (κ2) is 3.85. The van der Waals surface area contributed by atoms with E-state index >= 15 is 0 Å². The summed E-state index contributed by atoms with van der Waals surface area (Å²) in [6.45, 7) is 2.18. The van der Waals surface area contributed by atoms with Crippen LogP contribution in [0.2, 0.25) is 0 Å². The second-order valence-electron chi connectivity index (χ2n) is 4.63. The summed E-state index contributed by atoms with van der Waals surface area (Å²) < 4.78 is 2.32. The van der Waals surface area contributed by atoms with Gasteiger partial charge in [0, 0.05) is 17.2 Å². The van der Waals surface area contributed by atoms with Crippen LogP contribution < -0.4 is 0 Å². The van der Waals surface area contributed by atoms with E-state index in [-0.39, 0.29) is 0 Å². The van der Waals surface area contributed by atoms with Crippen molar-refractivity contribution < 1.29 is 4.58 Å². The Bertz CT molecular complexity index is 608. The zero-order valence-electron chi connectivity index (χ0n) is 10.3. The van der Waals surface area contributed by atoms with Gasteiger partial charge in [-0.15, -0.1) is 0 Å². The van der Waals surface area contributed by atoms with Gasteiger partial charge in [0.25, 0.3) is 0 Å². The molecule has 17 heavy (non-hydrogen) atoms. The summed E-state index contributed by atoms with van der Waals surface area (Å²) >= 11 is 0. The van der Waals surface area contributed by atoms with E-state index in [0.29, 0.717) is 0 Å². The lowest BCUT2D eigenvalue weighted by Crippen LogP contribution is -2.11. The van der Waals surface area contributed by atoms with Crippen molar-refractivity contribution in [2.75, 3.05) is 7.05 Å². The molecule has 0 bridgehead atoms. The van der Waals surface area contributed by atoms with E-state index in [2.05, 4.69) is 67.1 Å². The number of benzene rings is 2. The number of rotatable bonds is 1. The van der Waals surface area contributed by atoms with Gasteiger partial charge in [0.1, 0.15) is 7.05 Å². The minimum absolute atomic E-state index is 1.04. The first-order chi connectivity index (χ1) is 8.27. The monoisotopic (exact) mass is 222 g/mol. The number of para-hydroxylation sites is 1. The molecule has 0 saturated carbocycles. The average molecular weight is 222 g/mol. The van der Waals surface area contributed by atoms with E-state index < -0.39 is 0 Å². The van der Waals surface area contributed by atoms with Gasteiger partial charge in [0.15, 0.2) is 5.71 Å². The van der Waals surface area contributed by atoms with Crippen LogP contribution in [0.4, 0.5) is 5.69 Å². The molecule has 0 atom stereocenters. The largest absolute Gasteiger partial charge is 0.208 e. The molecule has 0 radical (unpaired) electrons. The minimum atomic E-state index is 1.04. The third kappa shape index (κ3) is 1.59. The fourth-order valence-corrected chi connectivity index (χ4v) is 2.60. The maximum atomic E-state index is 2.32. The van der Waals surface area contributed by atoms with Crippen molar-refractivity contribution in [1.82, 2.24) is 0 Å². The first kappa shape index (κ1) is 10.3. The van der Waals surface area contributed by atoms with E-state index in [0.717, 1.165) is 6.42 Å². The van der Waals surface area contributed by atoms with Gasteiger partial charge >= 0.3 is 0 Å². The van der Waals surface area contributed by atoms with Crippen LogP contribution in [0.25, 0.3) is 0 Å². The molecular weight excluding hydrogens is 206 g/mol. The van der Waals surface area contributed by atoms with E-state index in [1.807, 2.05) is 0 Å². The molecule has 2 aromatic carbocycles. The van der Waals surface area contributed by atoms with Gasteiger partial charge in [0.05, 0.1) is 6.42 Å². The number of nitrogens with zero attached hydrogens (tertiary/aromatic N) is 1. The summed E-state index contributed by atoms with van der Waals surface area (Å²) in [5.74, 6) is 0. The maximum Gasteiger partial charge on any atom is 0.208 e. The predicted octanol–water partition coefficient (Wildman–Crippen LogP) is 3.31. The SMILES string of the molecule is Cc1ccccc1C1=[N+](C)c2ccccc2C1. The standard InChI is InChI=1S/C16H16N/c1-12-7-3-5-9-14(12)16-11-13-8-4-6-10-15(13)17(16)2/h3-10H,11H2,1-2H3/q+1. The molecule has 1 heteroatoms. The van der Waals surface area contributed by atoms with E-state index in [1.54, 1.807) is 0 Å². The predicted molar refractivity (Wildman–Crippen MR) is 71.3 cm³/mol. The molecule has 3 rings (SSSR count). The summed E-state index contributed by atoms with van der Waals surface area (Å²) in [6, 6.07) is 17.3. The van der Waals surface area contributed by atoms with Crippen molar-refractivity contribution in [3.8, 4) is 0 Å². The van der Waals surface area contributed by atoms with Crippen LogP contribution in [0, 0.1) is 6.92 Å². The van der Waals surface area contributed by atoms with Crippen LogP contribution in [0.1, 0.15) is 16.7 Å². The van der Waals surface area contributed by atoms with Crippen LogP contribution in [-0.4, -0.2) is 17.3 Å². The molecule has 1 nitrogen and oxygen atoms in total. The van der Waals surface area contributed by atoms with E-state index in [1.165, 1.54) is 28.1 Å². The molecule has 1 aliphatic rings. The first-order valence-corrected chi connectivity index (χ1v) is 6.01. The molecular formula is C16H16N+. The summed E-state index contributed by atoms with van der Waals surface area (Å²) in [7, 11) is 2.16. The Morgan fingerprint density at radius 1 is 0.941 bits per heavy atom. The molecule has 0 aliphatic carbocycles. The summed E-state index contributed by atoms with van der Waals surface area (Å²) in [5.41, 5.74) is 6.89. The van der Waals surface area contributed by atoms with Gasteiger partial charge in [0.2, 0.25) is 5.69 Å². The average Bonchev–Trinajstić information content (AvgIpc) is 2.68. The second-order valence-corrected chi connectivity index (χ2v) is 4.63. The van der Waals surface area contributed by atoms with Gasteiger partial charge in [-0.3, -0.25) is 0 Å². The van der Waals surface area contributed by atoms with Gasteiger partial charge in [-0.05, 0) is 18.6 Å². The lowest BCUT2D eigenvalue weighted by atomic mass is 10.0. The van der Waals surface area contributed by atoms with E-state index in [4.69, 9.17) is 0 Å². The molecule has 0 amide bonds. The summed E-state index contributed by atoms with van der Waals surface area (Å²) in [5, 5.41) is 0. The van der Waals surface area contributed by atoms with Crippen LogP contribution in [0.3, 0.4) is 0 Å². The Balaban J connectivity index is 2.15. The lowest BCUT2D eigenvalue weighted by molar-refractivity contribution is -0.401. The molecule has 0 unspecified atom stereocenters. The third-order valence-corrected chi connectivity index (χ3v) is 3.57. The first-order valence-electron chi connectivity index (χ1n) is 6.01. The van der Waals surface area contributed by atoms with Crippen molar-refractivity contribution in [3.05, 3.63) is 65.2 Å². The Morgan fingerprint density at radius 2 is 1.65 bits per heavy atom. The maximum absolute atomic E-state index is 2.32. The third-order valence-electron chi connectivity index (χ3n) is 3.57. The Morgan fingerprint density at radius 3 is 2.41 bits per heavy atom. The Hall–Kier alpha value is -1.89. The van der Waals surface area contributed by atoms with Gasteiger partial charge in [-0.1, -0.05) is 36.4 Å². The van der Waals surface area contributed by atoms with Gasteiger partial charge in [-0.2, -0.15) is 4.58 Å². The van der Waals surface area contributed by atoms with Crippen molar-refractivity contribution in [1.29, 1.82) is 0 Å². The highest BCUT2D eigenvalue weighted by Crippen LogP contribution is 2.27. The minimum Gasteiger partial charge on any atom is -0.198 e.